The molecule has 0 unspecified atom stereocenters. The van der Waals surface area contributed by atoms with Crippen LogP contribution in [0.4, 0.5) is 4.39 Å². The number of aromatic nitrogens is 2. The summed E-state index contributed by atoms with van der Waals surface area (Å²) < 4.78 is 21.2. The number of halogens is 1. The van der Waals surface area contributed by atoms with Gasteiger partial charge in [0.15, 0.2) is 17.3 Å². The first-order chi connectivity index (χ1) is 9.56. The van der Waals surface area contributed by atoms with Gasteiger partial charge in [-0.05, 0) is 18.5 Å². The van der Waals surface area contributed by atoms with E-state index in [-0.39, 0.29) is 11.6 Å². The highest BCUT2D eigenvalue weighted by molar-refractivity contribution is 5.38. The van der Waals surface area contributed by atoms with Crippen LogP contribution in [0.3, 0.4) is 0 Å². The fourth-order valence-corrected chi connectivity index (χ4v) is 1.87. The topological polar surface area (TPSA) is 39.1 Å². The maximum Gasteiger partial charge on any atom is 0.167 e. The van der Waals surface area contributed by atoms with Gasteiger partial charge in [0, 0.05) is 19.2 Å². The van der Waals surface area contributed by atoms with Gasteiger partial charge in [0.25, 0.3) is 0 Å². The number of hydrogen-bond acceptors (Lipinski definition) is 3. The highest BCUT2D eigenvalue weighted by Crippen LogP contribution is 2.28. The summed E-state index contributed by atoms with van der Waals surface area (Å²) >= 11 is 0. The Morgan fingerprint density at radius 1 is 1.40 bits per heavy atom. The lowest BCUT2D eigenvalue weighted by Gasteiger charge is -2.12. The van der Waals surface area contributed by atoms with E-state index in [9.17, 15) is 4.39 Å². The van der Waals surface area contributed by atoms with Crippen molar-refractivity contribution in [1.29, 1.82) is 0 Å². The van der Waals surface area contributed by atoms with Gasteiger partial charge in [-0.2, -0.15) is 5.10 Å². The van der Waals surface area contributed by atoms with Gasteiger partial charge in [-0.3, -0.25) is 4.68 Å². The maximum absolute atomic E-state index is 13.9. The van der Waals surface area contributed by atoms with Crippen molar-refractivity contribution in [3.05, 3.63) is 42.0 Å². The third kappa shape index (κ3) is 3.81. The van der Waals surface area contributed by atoms with E-state index in [0.717, 1.165) is 12.1 Å². The largest absolute Gasteiger partial charge is 0.451 e. The second-order valence-corrected chi connectivity index (χ2v) is 5.20. The zero-order valence-electron chi connectivity index (χ0n) is 12.1. The maximum atomic E-state index is 13.9. The molecule has 0 radical (unpaired) electrons. The number of nitrogens with zero attached hydrogens (tertiary/aromatic N) is 2. The molecular formula is C15H20FN3O. The van der Waals surface area contributed by atoms with Crippen molar-refractivity contribution in [1.82, 2.24) is 15.1 Å². The van der Waals surface area contributed by atoms with Crippen LogP contribution in [0.1, 0.15) is 19.4 Å². The highest BCUT2D eigenvalue weighted by Gasteiger charge is 2.11. The molecule has 1 heterocycles. The fourth-order valence-electron chi connectivity index (χ4n) is 1.87. The van der Waals surface area contributed by atoms with Gasteiger partial charge in [-0.1, -0.05) is 26.0 Å². The average Bonchev–Trinajstić information content (AvgIpc) is 2.78. The minimum absolute atomic E-state index is 0.261. The van der Waals surface area contributed by atoms with Gasteiger partial charge in [0.1, 0.15) is 0 Å². The predicted molar refractivity (Wildman–Crippen MR) is 76.2 cm³/mol. The van der Waals surface area contributed by atoms with Crippen LogP contribution in [0, 0.1) is 11.7 Å². The van der Waals surface area contributed by atoms with Gasteiger partial charge < -0.3 is 10.1 Å². The molecule has 0 saturated carbocycles. The number of para-hydroxylation sites is 1. The molecule has 0 aliphatic heterocycles. The van der Waals surface area contributed by atoms with Crippen molar-refractivity contribution in [2.45, 2.75) is 20.4 Å². The molecule has 2 rings (SSSR count). The Labute approximate surface area is 118 Å². The summed E-state index contributed by atoms with van der Waals surface area (Å²) in [5.41, 5.74) is 0.800. The monoisotopic (exact) mass is 277 g/mol. The lowest BCUT2D eigenvalue weighted by atomic mass is 10.1. The normalized spacial score (nSPS) is 11.1. The summed E-state index contributed by atoms with van der Waals surface area (Å²) in [5, 5.41) is 7.30. The molecular weight excluding hydrogens is 257 g/mol. The Hall–Kier alpha value is -1.88. The van der Waals surface area contributed by atoms with Crippen molar-refractivity contribution < 1.29 is 9.13 Å². The van der Waals surface area contributed by atoms with Crippen molar-refractivity contribution in [2.75, 3.05) is 6.54 Å². The van der Waals surface area contributed by atoms with E-state index in [4.69, 9.17) is 4.74 Å². The minimum atomic E-state index is -0.363. The van der Waals surface area contributed by atoms with Crippen LogP contribution in [-0.2, 0) is 13.6 Å². The van der Waals surface area contributed by atoms with E-state index in [1.807, 2.05) is 6.07 Å². The molecule has 108 valence electrons. The van der Waals surface area contributed by atoms with Gasteiger partial charge >= 0.3 is 0 Å². The average molecular weight is 277 g/mol. The molecule has 20 heavy (non-hydrogen) atoms. The molecule has 1 N–H and O–H groups in total. The van der Waals surface area contributed by atoms with Crippen molar-refractivity contribution in [3.8, 4) is 11.5 Å². The second kappa shape index (κ2) is 6.52. The number of benzene rings is 1. The Morgan fingerprint density at radius 2 is 2.20 bits per heavy atom. The summed E-state index contributed by atoms with van der Waals surface area (Å²) in [7, 11) is 1.79. The van der Waals surface area contributed by atoms with Crippen LogP contribution in [-0.4, -0.2) is 16.3 Å². The van der Waals surface area contributed by atoms with Crippen LogP contribution >= 0.6 is 0 Å². The quantitative estimate of drug-likeness (QED) is 0.882. The minimum Gasteiger partial charge on any atom is -0.451 e. The van der Waals surface area contributed by atoms with E-state index in [2.05, 4.69) is 24.3 Å². The van der Waals surface area contributed by atoms with Crippen molar-refractivity contribution >= 4 is 0 Å². The van der Waals surface area contributed by atoms with E-state index >= 15 is 0 Å². The molecule has 0 amide bonds. The van der Waals surface area contributed by atoms with Gasteiger partial charge in [-0.15, -0.1) is 0 Å². The fraction of sp³-hybridized carbons (Fsp3) is 0.400. The number of nitrogens with one attached hydrogen (secondary N) is 1. The number of ether oxygens (including phenoxy) is 1. The Morgan fingerprint density at radius 3 is 2.85 bits per heavy atom. The first kappa shape index (κ1) is 14.5. The Kier molecular flexibility index (Phi) is 4.74. The first-order valence-corrected chi connectivity index (χ1v) is 6.71. The van der Waals surface area contributed by atoms with E-state index in [1.54, 1.807) is 30.2 Å². The molecule has 2 aromatic rings. The summed E-state index contributed by atoms with van der Waals surface area (Å²) in [6.07, 6.45) is 3.27. The molecule has 5 heteroatoms. The second-order valence-electron chi connectivity index (χ2n) is 5.20. The van der Waals surface area contributed by atoms with Crippen LogP contribution in [0.25, 0.3) is 0 Å². The smallest absolute Gasteiger partial charge is 0.167 e. The number of hydrogen-bond donors (Lipinski definition) is 1. The molecule has 0 atom stereocenters. The molecule has 0 aliphatic rings. The number of rotatable bonds is 6. The SMILES string of the molecule is CC(C)CNCc1cccc(F)c1Oc1cnn(C)c1. The van der Waals surface area contributed by atoms with Crippen LogP contribution in [0.2, 0.25) is 0 Å². The van der Waals surface area contributed by atoms with Crippen LogP contribution in [0.15, 0.2) is 30.6 Å². The van der Waals surface area contributed by atoms with Gasteiger partial charge in [0.2, 0.25) is 0 Å². The van der Waals surface area contributed by atoms with Gasteiger partial charge in [-0.25, -0.2) is 4.39 Å². The molecule has 0 fully saturated rings. The summed E-state index contributed by atoms with van der Waals surface area (Å²) in [6, 6.07) is 4.96. The molecule has 0 saturated heterocycles. The van der Waals surface area contributed by atoms with Crippen molar-refractivity contribution in [2.24, 2.45) is 13.0 Å². The lowest BCUT2D eigenvalue weighted by Crippen LogP contribution is -2.19. The highest BCUT2D eigenvalue weighted by atomic mass is 19.1. The molecule has 0 aliphatic carbocycles. The standard InChI is InChI=1S/C15H20FN3O/c1-11(2)7-17-8-12-5-4-6-14(16)15(12)20-13-9-18-19(3)10-13/h4-6,9-11,17H,7-8H2,1-3H3. The third-order valence-corrected chi connectivity index (χ3v) is 2.82. The molecule has 1 aromatic heterocycles. The first-order valence-electron chi connectivity index (χ1n) is 6.71. The predicted octanol–water partition coefficient (Wildman–Crippen LogP) is 3.10. The lowest BCUT2D eigenvalue weighted by molar-refractivity contribution is 0.431. The van der Waals surface area contributed by atoms with E-state index < -0.39 is 0 Å². The van der Waals surface area contributed by atoms with Gasteiger partial charge in [0.05, 0.1) is 12.4 Å². The zero-order chi connectivity index (χ0) is 14.5. The molecule has 1 aromatic carbocycles. The summed E-state index contributed by atoms with van der Waals surface area (Å²) in [5.74, 6) is 0.975. The number of aryl methyl sites for hydroxylation is 1. The molecule has 0 spiro atoms. The van der Waals surface area contributed by atoms with Crippen LogP contribution < -0.4 is 10.1 Å². The van der Waals surface area contributed by atoms with E-state index in [0.29, 0.717) is 18.2 Å². The molecule has 4 nitrogen and oxygen atoms in total. The van der Waals surface area contributed by atoms with Crippen molar-refractivity contribution in [3.63, 3.8) is 0 Å². The summed E-state index contributed by atoms with van der Waals surface area (Å²) in [4.78, 5) is 0. The third-order valence-electron chi connectivity index (χ3n) is 2.82. The van der Waals surface area contributed by atoms with E-state index in [1.165, 1.54) is 6.07 Å². The molecule has 0 bridgehead atoms. The Bertz CT molecular complexity index is 566. The van der Waals surface area contributed by atoms with Crippen LogP contribution in [0.5, 0.6) is 11.5 Å². The zero-order valence-corrected chi connectivity index (χ0v) is 12.1. The Balaban J connectivity index is 2.13. The summed E-state index contributed by atoms with van der Waals surface area (Å²) in [6.45, 7) is 5.71.